The highest BCUT2D eigenvalue weighted by Crippen LogP contribution is 2.26. The van der Waals surface area contributed by atoms with Crippen LogP contribution in [0.2, 0.25) is 0 Å². The quantitative estimate of drug-likeness (QED) is 0.703. The van der Waals surface area contributed by atoms with Crippen LogP contribution in [0.15, 0.2) is 0 Å². The Balaban J connectivity index is 2.46. The first-order valence-electron chi connectivity index (χ1n) is 7.23. The summed E-state index contributed by atoms with van der Waals surface area (Å²) >= 11 is 0. The maximum absolute atomic E-state index is 12.0. The summed E-state index contributed by atoms with van der Waals surface area (Å²) in [5.41, 5.74) is 4.81. The lowest BCUT2D eigenvalue weighted by Gasteiger charge is -2.27. The van der Waals surface area contributed by atoms with E-state index in [4.69, 9.17) is 5.73 Å². The van der Waals surface area contributed by atoms with Gasteiger partial charge < -0.3 is 11.1 Å². The molecule has 1 fully saturated rings. The minimum atomic E-state index is -0.637. The second-order valence-electron chi connectivity index (χ2n) is 5.54. The lowest BCUT2D eigenvalue weighted by molar-refractivity contribution is -0.123. The summed E-state index contributed by atoms with van der Waals surface area (Å²) in [6.07, 6.45) is 6.82. The molecule has 0 bridgehead atoms. The van der Waals surface area contributed by atoms with Crippen molar-refractivity contribution < 1.29 is 4.79 Å². The monoisotopic (exact) mass is 266 g/mol. The summed E-state index contributed by atoms with van der Waals surface area (Å²) in [6, 6.07) is 2.33. The van der Waals surface area contributed by atoms with Gasteiger partial charge in [0.15, 0.2) is 0 Å². The molecule has 1 saturated carbocycles. The van der Waals surface area contributed by atoms with E-state index in [9.17, 15) is 10.1 Å². The highest BCUT2D eigenvalue weighted by molar-refractivity contribution is 5.79. The number of hydrogen-bond donors (Lipinski definition) is 2. The van der Waals surface area contributed by atoms with Gasteiger partial charge >= 0.3 is 0 Å². The van der Waals surface area contributed by atoms with E-state index < -0.39 is 5.54 Å². The van der Waals surface area contributed by atoms with Crippen LogP contribution in [0.1, 0.15) is 44.9 Å². The number of nitrogens with zero attached hydrogens (tertiary/aromatic N) is 2. The maximum Gasteiger partial charge on any atom is 0.235 e. The Kier molecular flexibility index (Phi) is 6.82. The number of rotatable bonds is 6. The Labute approximate surface area is 116 Å². The maximum atomic E-state index is 12.0. The molecule has 0 heterocycles. The van der Waals surface area contributed by atoms with Gasteiger partial charge in [-0.1, -0.05) is 25.7 Å². The second kappa shape index (κ2) is 8.13. The number of carbonyl (C=O) groups excluding carboxylic acids is 1. The molecule has 19 heavy (non-hydrogen) atoms. The van der Waals surface area contributed by atoms with Crippen LogP contribution in [0, 0.1) is 11.3 Å². The molecule has 3 N–H and O–H groups in total. The number of amides is 1. The molecule has 5 heteroatoms. The van der Waals surface area contributed by atoms with E-state index in [0.29, 0.717) is 13.1 Å². The summed E-state index contributed by atoms with van der Waals surface area (Å²) in [4.78, 5) is 14.0. The van der Waals surface area contributed by atoms with Gasteiger partial charge in [-0.3, -0.25) is 9.69 Å². The molecule has 1 rings (SSSR count). The SMILES string of the molecule is CN(CCCN)CC(=O)NC1(C#N)CCCCCC1. The zero-order valence-electron chi connectivity index (χ0n) is 12.0. The summed E-state index contributed by atoms with van der Waals surface area (Å²) in [6.45, 7) is 1.78. The zero-order valence-corrected chi connectivity index (χ0v) is 12.0. The Morgan fingerprint density at radius 1 is 1.37 bits per heavy atom. The Bertz CT molecular complexity index is 316. The molecule has 0 aromatic carbocycles. The van der Waals surface area contributed by atoms with Crippen molar-refractivity contribution in [2.45, 2.75) is 50.5 Å². The number of nitriles is 1. The van der Waals surface area contributed by atoms with E-state index >= 15 is 0 Å². The molecule has 108 valence electrons. The van der Waals surface area contributed by atoms with Gasteiger partial charge in [0.1, 0.15) is 5.54 Å². The summed E-state index contributed by atoms with van der Waals surface area (Å²) < 4.78 is 0. The number of likely N-dealkylation sites (N-methyl/N-ethyl adjacent to an activating group) is 1. The van der Waals surface area contributed by atoms with Crippen LogP contribution in [0.25, 0.3) is 0 Å². The van der Waals surface area contributed by atoms with Gasteiger partial charge in [-0.2, -0.15) is 5.26 Å². The van der Waals surface area contributed by atoms with E-state index in [1.54, 1.807) is 0 Å². The predicted octanol–water partition coefficient (Wildman–Crippen LogP) is 1.000. The highest BCUT2D eigenvalue weighted by atomic mass is 16.2. The van der Waals surface area contributed by atoms with Crippen molar-refractivity contribution in [2.75, 3.05) is 26.7 Å². The van der Waals surface area contributed by atoms with E-state index in [0.717, 1.165) is 51.5 Å². The molecule has 0 aliphatic heterocycles. The molecule has 0 spiro atoms. The van der Waals surface area contributed by atoms with Crippen molar-refractivity contribution in [2.24, 2.45) is 5.73 Å². The van der Waals surface area contributed by atoms with E-state index in [1.807, 2.05) is 11.9 Å². The zero-order chi connectivity index (χ0) is 14.1. The molecule has 1 aliphatic carbocycles. The van der Waals surface area contributed by atoms with E-state index in [1.165, 1.54) is 0 Å². The molecule has 0 radical (unpaired) electrons. The lowest BCUT2D eigenvalue weighted by atomic mass is 9.92. The normalized spacial score (nSPS) is 18.6. The molecule has 1 aliphatic rings. The third kappa shape index (κ3) is 5.58. The summed E-state index contributed by atoms with van der Waals surface area (Å²) in [7, 11) is 1.90. The Morgan fingerprint density at radius 2 is 2.00 bits per heavy atom. The minimum absolute atomic E-state index is 0.0528. The first-order valence-corrected chi connectivity index (χ1v) is 7.23. The van der Waals surface area contributed by atoms with Crippen LogP contribution in [-0.2, 0) is 4.79 Å². The first-order chi connectivity index (χ1) is 9.12. The van der Waals surface area contributed by atoms with Crippen LogP contribution in [-0.4, -0.2) is 43.0 Å². The van der Waals surface area contributed by atoms with E-state index in [2.05, 4.69) is 11.4 Å². The third-order valence-corrected chi connectivity index (χ3v) is 3.71. The number of carbonyl (C=O) groups is 1. The van der Waals surface area contributed by atoms with Crippen molar-refractivity contribution in [3.63, 3.8) is 0 Å². The van der Waals surface area contributed by atoms with Crippen LogP contribution in [0.3, 0.4) is 0 Å². The average molecular weight is 266 g/mol. The van der Waals surface area contributed by atoms with Crippen molar-refractivity contribution in [3.05, 3.63) is 0 Å². The standard InChI is InChI=1S/C14H26N4O/c1-18(10-6-9-15)11-13(19)17-14(12-16)7-4-2-3-5-8-14/h2-11,15H2,1H3,(H,17,19). The number of hydrogen-bond acceptors (Lipinski definition) is 4. The number of nitrogens with one attached hydrogen (secondary N) is 1. The fourth-order valence-corrected chi connectivity index (χ4v) is 2.59. The van der Waals surface area contributed by atoms with Crippen LogP contribution in [0.4, 0.5) is 0 Å². The molecule has 0 saturated heterocycles. The Morgan fingerprint density at radius 3 is 2.53 bits per heavy atom. The van der Waals surface area contributed by atoms with Crippen LogP contribution in [0.5, 0.6) is 0 Å². The van der Waals surface area contributed by atoms with Gasteiger partial charge in [-0.05, 0) is 39.4 Å². The summed E-state index contributed by atoms with van der Waals surface area (Å²) in [5, 5.41) is 12.4. The average Bonchev–Trinajstić information content (AvgIpc) is 2.62. The largest absolute Gasteiger partial charge is 0.337 e. The van der Waals surface area contributed by atoms with Gasteiger partial charge in [0, 0.05) is 0 Å². The van der Waals surface area contributed by atoms with Crippen molar-refractivity contribution in [1.82, 2.24) is 10.2 Å². The fraction of sp³-hybridized carbons (Fsp3) is 0.857. The molecule has 0 atom stereocenters. The summed E-state index contributed by atoms with van der Waals surface area (Å²) in [5.74, 6) is -0.0528. The van der Waals surface area contributed by atoms with Gasteiger partial charge in [0.2, 0.25) is 5.91 Å². The predicted molar refractivity (Wildman–Crippen MR) is 75.4 cm³/mol. The molecule has 0 aromatic heterocycles. The smallest absolute Gasteiger partial charge is 0.235 e. The third-order valence-electron chi connectivity index (χ3n) is 3.71. The second-order valence-corrected chi connectivity index (χ2v) is 5.54. The molecule has 0 unspecified atom stereocenters. The molecule has 0 aromatic rings. The van der Waals surface area contributed by atoms with Crippen molar-refractivity contribution in [1.29, 1.82) is 5.26 Å². The highest BCUT2D eigenvalue weighted by Gasteiger charge is 2.32. The molecule has 1 amide bonds. The molecular formula is C14H26N4O. The van der Waals surface area contributed by atoms with Crippen LogP contribution < -0.4 is 11.1 Å². The van der Waals surface area contributed by atoms with E-state index in [-0.39, 0.29) is 5.91 Å². The molecular weight excluding hydrogens is 240 g/mol. The van der Waals surface area contributed by atoms with Gasteiger partial charge in [-0.15, -0.1) is 0 Å². The first kappa shape index (κ1) is 15.9. The lowest BCUT2D eigenvalue weighted by Crippen LogP contribution is -2.50. The van der Waals surface area contributed by atoms with Crippen molar-refractivity contribution >= 4 is 5.91 Å². The minimum Gasteiger partial charge on any atom is -0.337 e. The van der Waals surface area contributed by atoms with Crippen molar-refractivity contribution in [3.8, 4) is 6.07 Å². The van der Waals surface area contributed by atoms with Crippen LogP contribution >= 0.6 is 0 Å². The topological polar surface area (TPSA) is 82.2 Å². The number of nitrogens with two attached hydrogens (primary N) is 1. The van der Waals surface area contributed by atoms with Gasteiger partial charge in [0.05, 0.1) is 12.6 Å². The fourth-order valence-electron chi connectivity index (χ4n) is 2.59. The molecule has 5 nitrogen and oxygen atoms in total. The Hall–Kier alpha value is -1.12. The van der Waals surface area contributed by atoms with Gasteiger partial charge in [-0.25, -0.2) is 0 Å². The van der Waals surface area contributed by atoms with Gasteiger partial charge in [0.25, 0.3) is 0 Å².